The van der Waals surface area contributed by atoms with Crippen molar-refractivity contribution in [1.82, 2.24) is 4.98 Å². The van der Waals surface area contributed by atoms with Gasteiger partial charge in [-0.15, -0.1) is 0 Å². The molecule has 0 fully saturated rings. The Hall–Kier alpha value is -3.40. The number of hydrogen-bond donors (Lipinski definition) is 0. The Balaban J connectivity index is 1.81. The predicted molar refractivity (Wildman–Crippen MR) is 94.2 cm³/mol. The number of nitrogens with zero attached hydrogens (tertiary/aromatic N) is 1. The second-order valence-electron chi connectivity index (χ2n) is 5.59. The molecule has 0 aliphatic rings. The zero-order chi connectivity index (χ0) is 17.1. The maximum absolute atomic E-state index is 12.5. The van der Waals surface area contributed by atoms with Gasteiger partial charge in [-0.3, -0.25) is 4.98 Å². The molecule has 4 heteroatoms. The third-order valence-corrected chi connectivity index (χ3v) is 4.00. The third kappa shape index (κ3) is 3.02. The SMILES string of the molecule is O=C(OC(c1ccccc1)c1nccc2ccccc12)c1ccco1. The molecule has 0 aliphatic carbocycles. The Morgan fingerprint density at radius 3 is 2.52 bits per heavy atom. The van der Waals surface area contributed by atoms with Gasteiger partial charge in [0.05, 0.1) is 12.0 Å². The van der Waals surface area contributed by atoms with Gasteiger partial charge in [0.1, 0.15) is 0 Å². The molecule has 4 nitrogen and oxygen atoms in total. The molecule has 0 saturated heterocycles. The number of benzene rings is 2. The van der Waals surface area contributed by atoms with E-state index < -0.39 is 12.1 Å². The van der Waals surface area contributed by atoms with Crippen molar-refractivity contribution < 1.29 is 13.9 Å². The highest BCUT2D eigenvalue weighted by molar-refractivity contribution is 5.88. The lowest BCUT2D eigenvalue weighted by Crippen LogP contribution is -2.14. The predicted octanol–water partition coefficient (Wildman–Crippen LogP) is 4.77. The molecule has 4 rings (SSSR count). The van der Waals surface area contributed by atoms with Crippen LogP contribution >= 0.6 is 0 Å². The van der Waals surface area contributed by atoms with Crippen LogP contribution in [0.5, 0.6) is 0 Å². The fourth-order valence-corrected chi connectivity index (χ4v) is 2.82. The minimum atomic E-state index is -0.620. The lowest BCUT2D eigenvalue weighted by Gasteiger charge is -2.19. The van der Waals surface area contributed by atoms with Gasteiger partial charge in [0.15, 0.2) is 6.10 Å². The monoisotopic (exact) mass is 329 g/mol. The highest BCUT2D eigenvalue weighted by atomic mass is 16.6. The maximum atomic E-state index is 12.5. The van der Waals surface area contributed by atoms with Crippen LogP contribution in [-0.4, -0.2) is 11.0 Å². The van der Waals surface area contributed by atoms with Crippen molar-refractivity contribution in [3.8, 4) is 0 Å². The standard InChI is InChI=1S/C21H15NO3/c23-21(18-11-6-14-24-18)25-20(16-8-2-1-3-9-16)19-17-10-5-4-7-15(17)12-13-22-19/h1-14,20H. The number of pyridine rings is 1. The summed E-state index contributed by atoms with van der Waals surface area (Å²) in [6.45, 7) is 0. The summed E-state index contributed by atoms with van der Waals surface area (Å²) in [5.74, 6) is -0.352. The van der Waals surface area contributed by atoms with Crippen LogP contribution in [-0.2, 0) is 4.74 Å². The van der Waals surface area contributed by atoms with Gasteiger partial charge in [-0.2, -0.15) is 0 Å². The zero-order valence-electron chi connectivity index (χ0n) is 13.3. The molecular formula is C21H15NO3. The first kappa shape index (κ1) is 15.1. The van der Waals surface area contributed by atoms with E-state index in [0.717, 1.165) is 16.3 Å². The number of rotatable bonds is 4. The summed E-state index contributed by atoms with van der Waals surface area (Å²) in [6, 6.07) is 22.7. The Morgan fingerprint density at radius 2 is 1.72 bits per heavy atom. The number of hydrogen-bond acceptors (Lipinski definition) is 4. The summed E-state index contributed by atoms with van der Waals surface area (Å²) in [7, 11) is 0. The third-order valence-electron chi connectivity index (χ3n) is 4.00. The van der Waals surface area contributed by atoms with Crippen molar-refractivity contribution >= 4 is 16.7 Å². The average Bonchev–Trinajstić information content (AvgIpc) is 3.21. The molecule has 0 radical (unpaired) electrons. The Bertz CT molecular complexity index is 989. The largest absolute Gasteiger partial charge is 0.457 e. The van der Waals surface area contributed by atoms with Crippen LogP contribution in [0, 0.1) is 0 Å². The van der Waals surface area contributed by atoms with Crippen molar-refractivity contribution in [1.29, 1.82) is 0 Å². The number of carbonyl (C=O) groups excluding carboxylic acids is 1. The van der Waals surface area contributed by atoms with Gasteiger partial charge >= 0.3 is 5.97 Å². The molecule has 0 aliphatic heterocycles. The minimum absolute atomic E-state index is 0.168. The first-order valence-corrected chi connectivity index (χ1v) is 7.96. The lowest BCUT2D eigenvalue weighted by atomic mass is 10.0. The van der Waals surface area contributed by atoms with E-state index in [1.165, 1.54) is 6.26 Å². The molecule has 4 aromatic rings. The van der Waals surface area contributed by atoms with Crippen LogP contribution in [0.3, 0.4) is 0 Å². The van der Waals surface area contributed by atoms with E-state index in [4.69, 9.17) is 9.15 Å². The van der Waals surface area contributed by atoms with Crippen molar-refractivity contribution in [2.75, 3.05) is 0 Å². The maximum Gasteiger partial charge on any atom is 0.375 e. The number of carbonyl (C=O) groups is 1. The van der Waals surface area contributed by atoms with Crippen LogP contribution in [0.2, 0.25) is 0 Å². The van der Waals surface area contributed by atoms with Gasteiger partial charge in [0.25, 0.3) is 0 Å². The first-order chi connectivity index (χ1) is 12.3. The van der Waals surface area contributed by atoms with Crippen molar-refractivity contribution in [3.05, 3.63) is 102 Å². The Morgan fingerprint density at radius 1 is 0.920 bits per heavy atom. The van der Waals surface area contributed by atoms with E-state index >= 15 is 0 Å². The number of furan rings is 1. The van der Waals surface area contributed by atoms with Gasteiger partial charge in [-0.1, -0.05) is 54.6 Å². The number of ether oxygens (including phenoxy) is 1. The average molecular weight is 329 g/mol. The van der Waals surface area contributed by atoms with Crippen molar-refractivity contribution in [2.45, 2.75) is 6.10 Å². The Labute approximate surface area is 144 Å². The molecular weight excluding hydrogens is 314 g/mol. The Kier molecular flexibility index (Phi) is 4.01. The van der Waals surface area contributed by atoms with Crippen LogP contribution in [0.15, 0.2) is 89.7 Å². The van der Waals surface area contributed by atoms with Gasteiger partial charge in [0, 0.05) is 11.6 Å². The van der Waals surface area contributed by atoms with Crippen LogP contribution < -0.4 is 0 Å². The first-order valence-electron chi connectivity index (χ1n) is 7.96. The number of aromatic nitrogens is 1. The van der Waals surface area contributed by atoms with Gasteiger partial charge in [-0.25, -0.2) is 4.79 Å². The smallest absolute Gasteiger partial charge is 0.375 e. The highest BCUT2D eigenvalue weighted by Gasteiger charge is 2.24. The highest BCUT2D eigenvalue weighted by Crippen LogP contribution is 2.30. The summed E-state index contributed by atoms with van der Waals surface area (Å²) in [4.78, 5) is 17.0. The quantitative estimate of drug-likeness (QED) is 0.506. The number of fused-ring (bicyclic) bond motifs is 1. The summed E-state index contributed by atoms with van der Waals surface area (Å²) in [5, 5.41) is 1.99. The second-order valence-corrected chi connectivity index (χ2v) is 5.59. The zero-order valence-corrected chi connectivity index (χ0v) is 13.3. The molecule has 2 aromatic heterocycles. The van der Waals surface area contributed by atoms with E-state index in [2.05, 4.69) is 4.98 Å². The topological polar surface area (TPSA) is 52.3 Å². The fraction of sp³-hybridized carbons (Fsp3) is 0.0476. The molecule has 2 aromatic carbocycles. The van der Waals surface area contributed by atoms with Crippen molar-refractivity contribution in [3.63, 3.8) is 0 Å². The van der Waals surface area contributed by atoms with Crippen molar-refractivity contribution in [2.24, 2.45) is 0 Å². The van der Waals surface area contributed by atoms with E-state index in [-0.39, 0.29) is 5.76 Å². The number of esters is 1. The molecule has 0 N–H and O–H groups in total. The van der Waals surface area contributed by atoms with Gasteiger partial charge in [0.2, 0.25) is 5.76 Å². The molecule has 0 saturated carbocycles. The molecule has 1 unspecified atom stereocenters. The molecule has 0 amide bonds. The molecule has 1 atom stereocenters. The minimum Gasteiger partial charge on any atom is -0.457 e. The summed E-state index contributed by atoms with van der Waals surface area (Å²) < 4.78 is 10.9. The summed E-state index contributed by atoms with van der Waals surface area (Å²) in [6.07, 6.45) is 2.56. The summed E-state index contributed by atoms with van der Waals surface area (Å²) in [5.41, 5.74) is 1.55. The van der Waals surface area contributed by atoms with Gasteiger partial charge < -0.3 is 9.15 Å². The molecule has 0 spiro atoms. The molecule has 122 valence electrons. The fourth-order valence-electron chi connectivity index (χ4n) is 2.82. The molecule has 2 heterocycles. The normalized spacial score (nSPS) is 12.0. The van der Waals surface area contributed by atoms with Crippen LogP contribution in [0.25, 0.3) is 10.8 Å². The van der Waals surface area contributed by atoms with Crippen LogP contribution in [0.4, 0.5) is 0 Å². The lowest BCUT2D eigenvalue weighted by molar-refractivity contribution is 0.0337. The van der Waals surface area contributed by atoms with E-state index in [1.54, 1.807) is 18.3 Å². The second kappa shape index (κ2) is 6.61. The molecule has 25 heavy (non-hydrogen) atoms. The van der Waals surface area contributed by atoms with E-state index in [9.17, 15) is 4.79 Å². The summed E-state index contributed by atoms with van der Waals surface area (Å²) >= 11 is 0. The van der Waals surface area contributed by atoms with E-state index in [1.807, 2.05) is 60.7 Å². The van der Waals surface area contributed by atoms with E-state index in [0.29, 0.717) is 5.69 Å². The molecule has 0 bridgehead atoms. The van der Waals surface area contributed by atoms with Gasteiger partial charge in [-0.05, 0) is 29.1 Å². The van der Waals surface area contributed by atoms with Crippen LogP contribution in [0.1, 0.15) is 27.9 Å².